The van der Waals surface area contributed by atoms with Gasteiger partial charge in [0.05, 0.1) is 44.8 Å². The Hall–Kier alpha value is -8.60. The average molecular weight is 815 g/mol. The lowest BCUT2D eigenvalue weighted by Crippen LogP contribution is -1.91. The van der Waals surface area contributed by atoms with Crippen LogP contribution in [-0.2, 0) is 0 Å². The van der Waals surface area contributed by atoms with E-state index in [1.165, 1.54) is 22.3 Å². The number of aromatic nitrogens is 4. The van der Waals surface area contributed by atoms with E-state index in [-0.39, 0.29) is 0 Å². The van der Waals surface area contributed by atoms with Crippen molar-refractivity contribution in [3.63, 3.8) is 0 Å². The second-order valence-electron chi connectivity index (χ2n) is 16.3. The molecule has 0 bridgehead atoms. The highest BCUT2D eigenvalue weighted by atomic mass is 14.8. The number of nitrogens with zero attached hydrogens (tertiary/aromatic N) is 4. The minimum atomic E-state index is 0.899. The molecular formula is C60H38N4. The van der Waals surface area contributed by atoms with Crippen molar-refractivity contribution in [3.05, 3.63) is 231 Å². The van der Waals surface area contributed by atoms with Crippen LogP contribution in [0, 0.1) is 0 Å². The molecule has 0 N–H and O–H groups in total. The highest BCUT2D eigenvalue weighted by Crippen LogP contribution is 2.36. The lowest BCUT2D eigenvalue weighted by Gasteiger charge is -2.12. The first-order valence-corrected chi connectivity index (χ1v) is 21.6. The first-order valence-electron chi connectivity index (χ1n) is 21.6. The van der Waals surface area contributed by atoms with E-state index < -0.39 is 0 Å². The maximum atomic E-state index is 5.23. The number of benzene rings is 8. The van der Waals surface area contributed by atoms with Crippen molar-refractivity contribution in [1.29, 1.82) is 0 Å². The van der Waals surface area contributed by atoms with Crippen LogP contribution in [0.25, 0.3) is 122 Å². The van der Waals surface area contributed by atoms with E-state index in [1.807, 2.05) is 18.2 Å². The summed E-state index contributed by atoms with van der Waals surface area (Å²) < 4.78 is 0. The fraction of sp³-hybridized carbons (Fsp3) is 0. The van der Waals surface area contributed by atoms with E-state index in [1.54, 1.807) is 0 Å². The van der Waals surface area contributed by atoms with Gasteiger partial charge < -0.3 is 0 Å². The zero-order valence-electron chi connectivity index (χ0n) is 34.7. The zero-order valence-corrected chi connectivity index (χ0v) is 34.7. The Morgan fingerprint density at radius 2 is 0.500 bits per heavy atom. The van der Waals surface area contributed by atoms with Crippen LogP contribution in [-0.4, -0.2) is 19.9 Å². The lowest BCUT2D eigenvalue weighted by molar-refractivity contribution is 1.36. The minimum absolute atomic E-state index is 0.899. The summed E-state index contributed by atoms with van der Waals surface area (Å²) in [5.74, 6) is 0. The molecule has 0 amide bonds. The Labute approximate surface area is 370 Å². The van der Waals surface area contributed by atoms with E-state index >= 15 is 0 Å². The summed E-state index contributed by atoms with van der Waals surface area (Å²) in [4.78, 5) is 20.7. The average Bonchev–Trinajstić information content (AvgIpc) is 3.38. The first-order chi connectivity index (χ1) is 31.6. The van der Waals surface area contributed by atoms with Gasteiger partial charge in [0.25, 0.3) is 0 Å². The smallest absolute Gasteiger partial charge is 0.0972 e. The number of hydrogen-bond donors (Lipinski definition) is 0. The molecule has 4 nitrogen and oxygen atoms in total. The van der Waals surface area contributed by atoms with Gasteiger partial charge in [-0.2, -0.15) is 0 Å². The van der Waals surface area contributed by atoms with Gasteiger partial charge in [-0.3, -0.25) is 0 Å². The molecule has 0 saturated heterocycles. The van der Waals surface area contributed by atoms with Crippen LogP contribution in [0.1, 0.15) is 0 Å². The Balaban J connectivity index is 0.850. The molecule has 4 heteroatoms. The normalized spacial score (nSPS) is 11.4. The third kappa shape index (κ3) is 7.03. The third-order valence-corrected chi connectivity index (χ3v) is 12.2. The van der Waals surface area contributed by atoms with E-state index in [0.29, 0.717) is 0 Å². The fourth-order valence-corrected chi connectivity index (χ4v) is 8.79. The van der Waals surface area contributed by atoms with Gasteiger partial charge in [-0.25, -0.2) is 19.9 Å². The van der Waals surface area contributed by atoms with Crippen molar-refractivity contribution in [3.8, 4) is 78.4 Å². The minimum Gasteiger partial charge on any atom is -0.248 e. The predicted molar refractivity (Wildman–Crippen MR) is 266 cm³/mol. The summed E-state index contributed by atoms with van der Waals surface area (Å²) in [6.07, 6.45) is 0. The van der Waals surface area contributed by atoms with E-state index in [4.69, 9.17) is 19.9 Å². The molecule has 0 spiro atoms. The summed E-state index contributed by atoms with van der Waals surface area (Å²) in [5.41, 5.74) is 18.6. The molecule has 4 aromatic heterocycles. The van der Waals surface area contributed by atoms with Gasteiger partial charge in [-0.1, -0.05) is 176 Å². The number of rotatable bonds is 7. The van der Waals surface area contributed by atoms with Crippen LogP contribution >= 0.6 is 0 Å². The standard InChI is InChI=1S/C60H38N4/c1-4-10-39(11-5-1)50-34-51(40-12-6-2-7-13-40)36-52(35-50)48-24-20-44-27-31-56(62-57(44)37-48)49-25-21-45-26-30-53(61-58(45)38-49)42-16-18-43(19-17-42)55-33-29-47-23-22-46-28-32-54(41-14-8-3-9-15-41)63-59(46)60(47)64-55/h1-38H. The Morgan fingerprint density at radius 1 is 0.188 bits per heavy atom. The van der Waals surface area contributed by atoms with Crippen molar-refractivity contribution < 1.29 is 0 Å². The highest BCUT2D eigenvalue weighted by molar-refractivity contribution is 6.04. The van der Waals surface area contributed by atoms with Gasteiger partial charge in [-0.15, -0.1) is 0 Å². The molecule has 0 radical (unpaired) electrons. The first kappa shape index (κ1) is 37.2. The van der Waals surface area contributed by atoms with E-state index in [9.17, 15) is 0 Å². The topological polar surface area (TPSA) is 51.6 Å². The highest BCUT2D eigenvalue weighted by Gasteiger charge is 2.13. The molecule has 4 heterocycles. The van der Waals surface area contributed by atoms with Gasteiger partial charge in [0.15, 0.2) is 0 Å². The van der Waals surface area contributed by atoms with Crippen LogP contribution in [0.3, 0.4) is 0 Å². The molecule has 0 aliphatic carbocycles. The summed E-state index contributed by atoms with van der Waals surface area (Å²) >= 11 is 0. The fourth-order valence-electron chi connectivity index (χ4n) is 8.79. The lowest BCUT2D eigenvalue weighted by atomic mass is 9.93. The zero-order chi connectivity index (χ0) is 42.4. The quantitative estimate of drug-likeness (QED) is 0.150. The second kappa shape index (κ2) is 15.7. The van der Waals surface area contributed by atoms with Crippen molar-refractivity contribution in [2.45, 2.75) is 0 Å². The summed E-state index contributed by atoms with van der Waals surface area (Å²) in [6, 6.07) is 81.1. The second-order valence-corrected chi connectivity index (χ2v) is 16.3. The van der Waals surface area contributed by atoms with Crippen molar-refractivity contribution in [1.82, 2.24) is 19.9 Å². The monoisotopic (exact) mass is 814 g/mol. The van der Waals surface area contributed by atoms with Crippen molar-refractivity contribution in [2.75, 3.05) is 0 Å². The molecule has 0 atom stereocenters. The Kier molecular flexibility index (Phi) is 9.12. The molecule has 0 fully saturated rings. The summed E-state index contributed by atoms with van der Waals surface area (Å²) in [5, 5.41) is 4.32. The Bertz CT molecular complexity index is 3640. The van der Waals surface area contributed by atoms with Crippen LogP contribution in [0.4, 0.5) is 0 Å². The third-order valence-electron chi connectivity index (χ3n) is 12.2. The summed E-state index contributed by atoms with van der Waals surface area (Å²) in [6.45, 7) is 0. The molecule has 8 aromatic carbocycles. The molecule has 12 rings (SSSR count). The van der Waals surface area contributed by atoms with Crippen LogP contribution < -0.4 is 0 Å². The molecule has 0 aliphatic rings. The van der Waals surface area contributed by atoms with Crippen LogP contribution in [0.15, 0.2) is 231 Å². The van der Waals surface area contributed by atoms with Crippen molar-refractivity contribution >= 4 is 43.6 Å². The molecule has 64 heavy (non-hydrogen) atoms. The largest absolute Gasteiger partial charge is 0.248 e. The molecular weight excluding hydrogens is 777 g/mol. The van der Waals surface area contributed by atoms with Crippen molar-refractivity contribution in [2.24, 2.45) is 0 Å². The van der Waals surface area contributed by atoms with Gasteiger partial charge in [-0.05, 0) is 88.0 Å². The molecule has 0 unspecified atom stereocenters. The number of fused-ring (bicyclic) bond motifs is 5. The summed E-state index contributed by atoms with van der Waals surface area (Å²) in [7, 11) is 0. The van der Waals surface area contributed by atoms with Crippen LogP contribution in [0.5, 0.6) is 0 Å². The molecule has 298 valence electrons. The van der Waals surface area contributed by atoms with Gasteiger partial charge >= 0.3 is 0 Å². The van der Waals surface area contributed by atoms with Gasteiger partial charge in [0.2, 0.25) is 0 Å². The predicted octanol–water partition coefficient (Wildman–Crippen LogP) is 15.5. The molecule has 12 aromatic rings. The maximum absolute atomic E-state index is 5.23. The van der Waals surface area contributed by atoms with Gasteiger partial charge in [0.1, 0.15) is 0 Å². The molecule has 0 aliphatic heterocycles. The number of hydrogen-bond acceptors (Lipinski definition) is 4. The SMILES string of the molecule is c1ccc(-c2cc(-c3ccccc3)cc(-c3ccc4ccc(-c5ccc6ccc(-c7ccc(-c8ccc9ccc%10ccc(-c%11ccccc%11)nc%10c9n8)cc7)nc6c5)nc4c3)c2)cc1. The van der Waals surface area contributed by atoms with Gasteiger partial charge in [0, 0.05) is 43.8 Å². The van der Waals surface area contributed by atoms with E-state index in [2.05, 4.69) is 212 Å². The Morgan fingerprint density at radius 3 is 0.984 bits per heavy atom. The number of pyridine rings is 4. The maximum Gasteiger partial charge on any atom is 0.0972 e. The van der Waals surface area contributed by atoms with E-state index in [0.717, 1.165) is 99.8 Å². The van der Waals surface area contributed by atoms with Crippen LogP contribution in [0.2, 0.25) is 0 Å². The molecule has 0 saturated carbocycles.